The smallest absolute Gasteiger partial charge is 0.387 e. The van der Waals surface area contributed by atoms with Crippen LogP contribution < -0.4 is 20.9 Å². The van der Waals surface area contributed by atoms with Gasteiger partial charge < -0.3 is 15.0 Å². The summed E-state index contributed by atoms with van der Waals surface area (Å²) in [5.41, 5.74) is 6.52. The van der Waals surface area contributed by atoms with Gasteiger partial charge in [0.2, 0.25) is 0 Å². The molecule has 0 saturated carbocycles. The average molecular weight is 388 g/mol. The van der Waals surface area contributed by atoms with Gasteiger partial charge in [-0.2, -0.15) is 8.78 Å². The van der Waals surface area contributed by atoms with E-state index < -0.39 is 24.6 Å². The van der Waals surface area contributed by atoms with Crippen molar-refractivity contribution < 1.29 is 23.1 Å². The van der Waals surface area contributed by atoms with Crippen LogP contribution in [0.15, 0.2) is 54.7 Å². The number of aromatic nitrogens is 1. The summed E-state index contributed by atoms with van der Waals surface area (Å²) in [6, 6.07) is 12.1. The van der Waals surface area contributed by atoms with Gasteiger partial charge in [-0.15, -0.1) is 0 Å². The van der Waals surface area contributed by atoms with Crippen LogP contribution in [0.1, 0.15) is 28.9 Å². The molecule has 7 nitrogen and oxygen atoms in total. The van der Waals surface area contributed by atoms with Crippen molar-refractivity contribution in [2.45, 2.75) is 19.6 Å². The van der Waals surface area contributed by atoms with Crippen LogP contribution in [0, 0.1) is 0 Å². The number of carbonyl (C=O) groups is 2. The first-order valence-corrected chi connectivity index (χ1v) is 8.42. The first kappa shape index (κ1) is 19.2. The molecule has 3 aromatic rings. The molecule has 3 rings (SSSR count). The number of fused-ring (bicyclic) bond motifs is 1. The van der Waals surface area contributed by atoms with E-state index >= 15 is 0 Å². The number of amides is 3. The Balaban J connectivity index is 1.53. The molecule has 3 amide bonds. The van der Waals surface area contributed by atoms with Gasteiger partial charge in [0.25, 0.3) is 5.91 Å². The fraction of sp³-hybridized carbons (Fsp3) is 0.158. The normalized spacial score (nSPS) is 11.9. The number of hydrogen-bond acceptors (Lipinski definition) is 3. The number of H-pyrrole nitrogens is 1. The van der Waals surface area contributed by atoms with Gasteiger partial charge in [-0.3, -0.25) is 10.2 Å². The summed E-state index contributed by atoms with van der Waals surface area (Å²) in [5, 5.41) is 3.37. The van der Waals surface area contributed by atoms with Crippen molar-refractivity contribution in [2.24, 2.45) is 0 Å². The lowest BCUT2D eigenvalue weighted by Crippen LogP contribution is -2.47. The predicted molar refractivity (Wildman–Crippen MR) is 98.9 cm³/mol. The summed E-state index contributed by atoms with van der Waals surface area (Å²) in [6.45, 7) is -1.18. The van der Waals surface area contributed by atoms with Gasteiger partial charge >= 0.3 is 12.6 Å². The number of para-hydroxylation sites is 1. The minimum absolute atomic E-state index is 0.0291. The average Bonchev–Trinajstić information content (AvgIpc) is 3.10. The second-order valence-electron chi connectivity index (χ2n) is 5.97. The number of hydrogen-bond donors (Lipinski definition) is 4. The zero-order valence-electron chi connectivity index (χ0n) is 14.8. The largest absolute Gasteiger partial charge is 0.435 e. The molecule has 0 saturated heterocycles. The molecule has 146 valence electrons. The molecule has 9 heteroatoms. The number of hydrazine groups is 1. The molecule has 2 aromatic carbocycles. The Kier molecular flexibility index (Phi) is 5.73. The number of aromatic amines is 1. The molecule has 0 spiro atoms. The van der Waals surface area contributed by atoms with Crippen LogP contribution in [-0.2, 0) is 0 Å². The molecule has 0 aliphatic rings. The number of rotatable bonds is 5. The lowest BCUT2D eigenvalue weighted by Gasteiger charge is -2.16. The molecule has 0 fully saturated rings. The van der Waals surface area contributed by atoms with E-state index in [1.807, 2.05) is 18.2 Å². The number of carbonyl (C=O) groups excluding carboxylic acids is 2. The third-order valence-electron chi connectivity index (χ3n) is 4.08. The van der Waals surface area contributed by atoms with Gasteiger partial charge in [-0.05, 0) is 30.7 Å². The minimum Gasteiger partial charge on any atom is -0.435 e. The highest BCUT2D eigenvalue weighted by molar-refractivity contribution is 6.07. The first-order valence-electron chi connectivity index (χ1n) is 8.42. The number of urea groups is 1. The van der Waals surface area contributed by atoms with E-state index in [2.05, 4.69) is 25.9 Å². The van der Waals surface area contributed by atoms with Crippen LogP contribution in [0.2, 0.25) is 0 Å². The third kappa shape index (κ3) is 4.56. The van der Waals surface area contributed by atoms with Crippen LogP contribution in [0.4, 0.5) is 13.6 Å². The van der Waals surface area contributed by atoms with Gasteiger partial charge in [-0.1, -0.05) is 30.3 Å². The minimum atomic E-state index is -2.90. The first-order chi connectivity index (χ1) is 13.4. The second kappa shape index (κ2) is 8.38. The zero-order valence-corrected chi connectivity index (χ0v) is 14.8. The van der Waals surface area contributed by atoms with Crippen LogP contribution in [-0.4, -0.2) is 23.5 Å². The number of benzene rings is 2. The molecule has 1 aromatic heterocycles. The molecule has 1 heterocycles. The third-order valence-corrected chi connectivity index (χ3v) is 4.08. The Morgan fingerprint density at radius 1 is 1.04 bits per heavy atom. The maximum absolute atomic E-state index is 12.3. The van der Waals surface area contributed by atoms with E-state index in [1.165, 1.54) is 12.1 Å². The van der Waals surface area contributed by atoms with Crippen molar-refractivity contribution >= 4 is 22.8 Å². The standard InChI is InChI=1S/C19H18F2N4O3/c1-11(12-6-8-13(9-7-12)28-18(20)21)23-19(27)25-24-17(26)15-10-22-16-5-3-2-4-14(15)16/h2-11,18,22H,1H3,(H,24,26)(H2,23,25,27). The Labute approximate surface area is 159 Å². The highest BCUT2D eigenvalue weighted by Crippen LogP contribution is 2.19. The predicted octanol–water partition coefficient (Wildman–Crippen LogP) is 3.47. The molecule has 0 aliphatic heterocycles. The molecule has 28 heavy (non-hydrogen) atoms. The SMILES string of the molecule is CC(NC(=O)NNC(=O)c1c[nH]c2ccccc12)c1ccc(OC(F)F)cc1. The Hall–Kier alpha value is -3.62. The van der Waals surface area contributed by atoms with Crippen molar-refractivity contribution in [3.8, 4) is 5.75 Å². The highest BCUT2D eigenvalue weighted by atomic mass is 19.3. The molecule has 0 radical (unpaired) electrons. The van der Waals surface area contributed by atoms with Crippen LogP contribution in [0.3, 0.4) is 0 Å². The number of nitrogens with one attached hydrogen (secondary N) is 4. The van der Waals surface area contributed by atoms with Crippen molar-refractivity contribution in [3.63, 3.8) is 0 Å². The molecular formula is C19H18F2N4O3. The van der Waals surface area contributed by atoms with Crippen molar-refractivity contribution in [1.82, 2.24) is 21.2 Å². The monoisotopic (exact) mass is 388 g/mol. The second-order valence-corrected chi connectivity index (χ2v) is 5.97. The fourth-order valence-electron chi connectivity index (χ4n) is 2.69. The Bertz CT molecular complexity index is 973. The highest BCUT2D eigenvalue weighted by Gasteiger charge is 2.14. The summed E-state index contributed by atoms with van der Waals surface area (Å²) in [4.78, 5) is 27.2. The van der Waals surface area contributed by atoms with Crippen molar-refractivity contribution in [2.75, 3.05) is 0 Å². The Morgan fingerprint density at radius 2 is 1.75 bits per heavy atom. The maximum Gasteiger partial charge on any atom is 0.387 e. The van der Waals surface area contributed by atoms with Crippen molar-refractivity contribution in [3.05, 3.63) is 65.9 Å². The number of halogens is 2. The lowest BCUT2D eigenvalue weighted by atomic mass is 10.1. The quantitative estimate of drug-likeness (QED) is 0.504. The summed E-state index contributed by atoms with van der Waals surface area (Å²) in [7, 11) is 0. The fourth-order valence-corrected chi connectivity index (χ4v) is 2.69. The maximum atomic E-state index is 12.3. The van der Waals surface area contributed by atoms with E-state index in [0.29, 0.717) is 11.1 Å². The molecule has 1 atom stereocenters. The molecular weight excluding hydrogens is 370 g/mol. The van der Waals surface area contributed by atoms with E-state index in [9.17, 15) is 18.4 Å². The number of ether oxygens (including phenoxy) is 1. The van der Waals surface area contributed by atoms with E-state index in [1.54, 1.807) is 31.3 Å². The van der Waals surface area contributed by atoms with Crippen LogP contribution in [0.5, 0.6) is 5.75 Å². The van der Waals surface area contributed by atoms with Crippen LogP contribution >= 0.6 is 0 Å². The van der Waals surface area contributed by atoms with Gasteiger partial charge in [0, 0.05) is 17.1 Å². The van der Waals surface area contributed by atoms with Gasteiger partial charge in [-0.25, -0.2) is 10.2 Å². The van der Waals surface area contributed by atoms with Crippen molar-refractivity contribution in [1.29, 1.82) is 0 Å². The van der Waals surface area contributed by atoms with Crippen LogP contribution in [0.25, 0.3) is 10.9 Å². The summed E-state index contributed by atoms with van der Waals surface area (Å²) in [5.74, 6) is -0.435. The van der Waals surface area contributed by atoms with E-state index in [0.717, 1.165) is 10.9 Å². The summed E-state index contributed by atoms with van der Waals surface area (Å²) >= 11 is 0. The number of alkyl halides is 2. The topological polar surface area (TPSA) is 95.3 Å². The van der Waals surface area contributed by atoms with Gasteiger partial charge in [0.05, 0.1) is 11.6 Å². The molecule has 0 aliphatic carbocycles. The Morgan fingerprint density at radius 3 is 2.46 bits per heavy atom. The zero-order chi connectivity index (χ0) is 20.1. The van der Waals surface area contributed by atoms with E-state index in [-0.39, 0.29) is 5.75 Å². The molecule has 1 unspecified atom stereocenters. The van der Waals surface area contributed by atoms with Gasteiger partial charge in [0.1, 0.15) is 5.75 Å². The lowest BCUT2D eigenvalue weighted by molar-refractivity contribution is -0.0498. The van der Waals surface area contributed by atoms with E-state index in [4.69, 9.17) is 0 Å². The molecule has 4 N–H and O–H groups in total. The molecule has 0 bridgehead atoms. The summed E-state index contributed by atoms with van der Waals surface area (Å²) < 4.78 is 28.6. The summed E-state index contributed by atoms with van der Waals surface area (Å²) in [6.07, 6.45) is 1.56. The van der Waals surface area contributed by atoms with Gasteiger partial charge in [0.15, 0.2) is 0 Å².